The molecular formula is C8H15N3O5. The van der Waals surface area contributed by atoms with E-state index in [1.54, 1.807) is 0 Å². The van der Waals surface area contributed by atoms with Gasteiger partial charge in [-0.15, -0.1) is 0 Å². The van der Waals surface area contributed by atoms with Crippen LogP contribution in [0.5, 0.6) is 0 Å². The van der Waals surface area contributed by atoms with Crippen LogP contribution in [0, 0.1) is 0 Å². The van der Waals surface area contributed by atoms with Crippen molar-refractivity contribution >= 4 is 17.8 Å². The van der Waals surface area contributed by atoms with E-state index < -0.39 is 36.5 Å². The van der Waals surface area contributed by atoms with E-state index >= 15 is 0 Å². The van der Waals surface area contributed by atoms with E-state index in [1.165, 1.54) is 0 Å². The molecule has 0 fully saturated rings. The fraction of sp³-hybridized carbons (Fsp3) is 0.625. The highest BCUT2D eigenvalue weighted by Gasteiger charge is 2.17. The molecule has 0 spiro atoms. The Bertz CT molecular complexity index is 281. The summed E-state index contributed by atoms with van der Waals surface area (Å²) in [6.45, 7) is -0.576. The molecule has 2 amide bonds. The zero-order chi connectivity index (χ0) is 12.7. The summed E-state index contributed by atoms with van der Waals surface area (Å²) in [5, 5.41) is 18.9. The number of imide groups is 1. The third-order valence-corrected chi connectivity index (χ3v) is 1.80. The molecule has 8 heteroatoms. The molecule has 0 aromatic carbocycles. The molecule has 0 radical (unpaired) electrons. The monoisotopic (exact) mass is 233 g/mol. The number of hydrogen-bond acceptors (Lipinski definition) is 6. The largest absolute Gasteiger partial charge is 0.480 e. The van der Waals surface area contributed by atoms with Crippen molar-refractivity contribution < 1.29 is 24.6 Å². The SMILES string of the molecule is NC(CCC(=O)NC(=O)C(N)CO)C(=O)O. The predicted octanol–water partition coefficient (Wildman–Crippen LogP) is -2.86. The number of carboxylic acid groups (broad SMARTS) is 1. The number of aliphatic hydroxyl groups is 1. The van der Waals surface area contributed by atoms with Crippen LogP contribution < -0.4 is 16.8 Å². The van der Waals surface area contributed by atoms with E-state index in [0.29, 0.717) is 0 Å². The van der Waals surface area contributed by atoms with Crippen LogP contribution in [0.4, 0.5) is 0 Å². The van der Waals surface area contributed by atoms with Crippen molar-refractivity contribution in [3.63, 3.8) is 0 Å². The maximum atomic E-state index is 11.1. The molecule has 2 atom stereocenters. The van der Waals surface area contributed by atoms with E-state index in [9.17, 15) is 14.4 Å². The van der Waals surface area contributed by atoms with Gasteiger partial charge in [0.2, 0.25) is 11.8 Å². The molecule has 0 saturated heterocycles. The summed E-state index contributed by atoms with van der Waals surface area (Å²) in [6, 6.07) is -2.32. The lowest BCUT2D eigenvalue weighted by molar-refractivity contribution is -0.138. The van der Waals surface area contributed by atoms with Gasteiger partial charge in [0, 0.05) is 6.42 Å². The average Bonchev–Trinajstić information content (AvgIpc) is 2.24. The van der Waals surface area contributed by atoms with Crippen molar-refractivity contribution in [2.24, 2.45) is 11.5 Å². The molecule has 0 rings (SSSR count). The van der Waals surface area contributed by atoms with Gasteiger partial charge in [-0.2, -0.15) is 0 Å². The van der Waals surface area contributed by atoms with Crippen LogP contribution in [0.15, 0.2) is 0 Å². The third-order valence-electron chi connectivity index (χ3n) is 1.80. The van der Waals surface area contributed by atoms with Gasteiger partial charge in [-0.3, -0.25) is 19.7 Å². The lowest BCUT2D eigenvalue weighted by Crippen LogP contribution is -2.45. The van der Waals surface area contributed by atoms with Gasteiger partial charge in [-0.25, -0.2) is 0 Å². The number of nitrogens with two attached hydrogens (primary N) is 2. The number of aliphatic carboxylic acids is 1. The van der Waals surface area contributed by atoms with Gasteiger partial charge >= 0.3 is 5.97 Å². The number of carbonyl (C=O) groups is 3. The fourth-order valence-electron chi connectivity index (χ4n) is 0.786. The summed E-state index contributed by atoms with van der Waals surface area (Å²) in [4.78, 5) is 32.4. The second kappa shape index (κ2) is 6.88. The first kappa shape index (κ1) is 14.5. The Morgan fingerprint density at radius 1 is 1.19 bits per heavy atom. The van der Waals surface area contributed by atoms with Crippen molar-refractivity contribution in [3.8, 4) is 0 Å². The standard InChI is InChI=1S/C8H15N3O5/c9-4(8(15)16)1-2-6(13)11-7(14)5(10)3-12/h4-5,12H,1-3,9-10H2,(H,15,16)(H,11,13,14). The van der Waals surface area contributed by atoms with Gasteiger partial charge in [0.25, 0.3) is 0 Å². The molecule has 0 heterocycles. The molecule has 0 aliphatic heterocycles. The quantitative estimate of drug-likeness (QED) is 0.330. The van der Waals surface area contributed by atoms with Gasteiger partial charge in [0.1, 0.15) is 12.1 Å². The van der Waals surface area contributed by atoms with Crippen molar-refractivity contribution in [2.75, 3.05) is 6.61 Å². The second-order valence-corrected chi connectivity index (χ2v) is 3.18. The first-order valence-corrected chi connectivity index (χ1v) is 4.57. The topological polar surface area (TPSA) is 156 Å². The van der Waals surface area contributed by atoms with Crippen LogP contribution >= 0.6 is 0 Å². The number of hydrogen-bond donors (Lipinski definition) is 5. The van der Waals surface area contributed by atoms with E-state index in [1.807, 2.05) is 5.32 Å². The smallest absolute Gasteiger partial charge is 0.320 e. The van der Waals surface area contributed by atoms with Crippen molar-refractivity contribution in [1.29, 1.82) is 0 Å². The molecule has 7 N–H and O–H groups in total. The Kier molecular flexibility index (Phi) is 6.23. The van der Waals surface area contributed by atoms with Crippen LogP contribution in [0.1, 0.15) is 12.8 Å². The maximum Gasteiger partial charge on any atom is 0.320 e. The molecule has 16 heavy (non-hydrogen) atoms. The molecule has 0 aliphatic carbocycles. The summed E-state index contributed by atoms with van der Waals surface area (Å²) < 4.78 is 0. The van der Waals surface area contributed by atoms with E-state index in [2.05, 4.69) is 0 Å². The number of carboxylic acids is 1. The van der Waals surface area contributed by atoms with Crippen LogP contribution in [0.3, 0.4) is 0 Å². The van der Waals surface area contributed by atoms with Gasteiger partial charge in [0.15, 0.2) is 0 Å². The minimum absolute atomic E-state index is 0.0805. The van der Waals surface area contributed by atoms with Gasteiger partial charge < -0.3 is 21.7 Å². The lowest BCUT2D eigenvalue weighted by atomic mass is 10.1. The Balaban J connectivity index is 3.92. The van der Waals surface area contributed by atoms with Gasteiger partial charge in [0.05, 0.1) is 6.61 Å². The molecule has 8 nitrogen and oxygen atoms in total. The number of amides is 2. The molecular weight excluding hydrogens is 218 g/mol. The minimum atomic E-state index is -1.22. The lowest BCUT2D eigenvalue weighted by Gasteiger charge is -2.09. The number of rotatable bonds is 6. The highest BCUT2D eigenvalue weighted by Crippen LogP contribution is 1.94. The zero-order valence-electron chi connectivity index (χ0n) is 8.55. The van der Waals surface area contributed by atoms with Gasteiger partial charge in [-0.05, 0) is 6.42 Å². The van der Waals surface area contributed by atoms with E-state index in [-0.39, 0.29) is 12.8 Å². The third kappa shape index (κ3) is 5.39. The second-order valence-electron chi connectivity index (χ2n) is 3.18. The number of nitrogens with one attached hydrogen (secondary N) is 1. The molecule has 0 aromatic heterocycles. The molecule has 0 bridgehead atoms. The molecule has 92 valence electrons. The Labute approximate surface area is 91.6 Å². The predicted molar refractivity (Wildman–Crippen MR) is 53.1 cm³/mol. The van der Waals surface area contributed by atoms with Crippen LogP contribution in [-0.4, -0.2) is 46.7 Å². The molecule has 0 saturated carbocycles. The van der Waals surface area contributed by atoms with E-state index in [4.69, 9.17) is 21.7 Å². The first-order valence-electron chi connectivity index (χ1n) is 4.57. The minimum Gasteiger partial charge on any atom is -0.480 e. The summed E-state index contributed by atoms with van der Waals surface area (Å²) in [6.07, 6.45) is -0.278. The highest BCUT2D eigenvalue weighted by molar-refractivity contribution is 5.97. The molecule has 2 unspecified atom stereocenters. The molecule has 0 aliphatic rings. The molecule has 0 aromatic rings. The summed E-state index contributed by atoms with van der Waals surface area (Å²) in [5.74, 6) is -2.70. The Hall–Kier alpha value is -1.51. The number of aliphatic hydroxyl groups excluding tert-OH is 1. The normalized spacial score (nSPS) is 13.9. The Morgan fingerprint density at radius 3 is 2.19 bits per heavy atom. The van der Waals surface area contributed by atoms with Crippen molar-refractivity contribution in [1.82, 2.24) is 5.32 Å². The maximum absolute atomic E-state index is 11.1. The van der Waals surface area contributed by atoms with E-state index in [0.717, 1.165) is 0 Å². The van der Waals surface area contributed by atoms with Crippen LogP contribution in [0.2, 0.25) is 0 Å². The van der Waals surface area contributed by atoms with Crippen molar-refractivity contribution in [3.05, 3.63) is 0 Å². The van der Waals surface area contributed by atoms with Gasteiger partial charge in [-0.1, -0.05) is 0 Å². The average molecular weight is 233 g/mol. The summed E-state index contributed by atoms with van der Waals surface area (Å²) >= 11 is 0. The highest BCUT2D eigenvalue weighted by atomic mass is 16.4. The number of carbonyl (C=O) groups excluding carboxylic acids is 2. The zero-order valence-corrected chi connectivity index (χ0v) is 8.55. The summed E-state index contributed by atoms with van der Waals surface area (Å²) in [7, 11) is 0. The first-order chi connectivity index (χ1) is 7.38. The summed E-state index contributed by atoms with van der Waals surface area (Å²) in [5.41, 5.74) is 10.3. The van der Waals surface area contributed by atoms with Crippen molar-refractivity contribution in [2.45, 2.75) is 24.9 Å². The van der Waals surface area contributed by atoms with Crippen LogP contribution in [-0.2, 0) is 14.4 Å². The Morgan fingerprint density at radius 2 is 1.75 bits per heavy atom. The fourth-order valence-corrected chi connectivity index (χ4v) is 0.786. The van der Waals surface area contributed by atoms with Crippen LogP contribution in [0.25, 0.3) is 0 Å².